The van der Waals surface area contributed by atoms with Crippen LogP contribution in [0.5, 0.6) is 0 Å². The van der Waals surface area contributed by atoms with Gasteiger partial charge in [0.25, 0.3) is 5.56 Å². The molecule has 3 aromatic carbocycles. The van der Waals surface area contributed by atoms with Gasteiger partial charge in [-0.3, -0.25) is 9.36 Å². The van der Waals surface area contributed by atoms with E-state index in [0.29, 0.717) is 6.54 Å². The average Bonchev–Trinajstić information content (AvgIpc) is 2.74. The van der Waals surface area contributed by atoms with Crippen LogP contribution in [0.3, 0.4) is 0 Å². The van der Waals surface area contributed by atoms with Crippen LogP contribution < -0.4 is 5.56 Å². The summed E-state index contributed by atoms with van der Waals surface area (Å²) >= 11 is 0. The molecule has 0 aliphatic carbocycles. The van der Waals surface area contributed by atoms with Crippen LogP contribution in [0.15, 0.2) is 95.8 Å². The highest BCUT2D eigenvalue weighted by molar-refractivity contribution is 5.61. The molecule has 0 radical (unpaired) electrons. The number of hydrogen-bond acceptors (Lipinski definition) is 2. The van der Waals surface area contributed by atoms with E-state index in [0.717, 1.165) is 29.9 Å². The fourth-order valence-corrected chi connectivity index (χ4v) is 3.64. The van der Waals surface area contributed by atoms with Crippen molar-refractivity contribution in [2.24, 2.45) is 0 Å². The molecule has 0 saturated carbocycles. The van der Waals surface area contributed by atoms with Crippen LogP contribution in [0.2, 0.25) is 0 Å². The predicted octanol–water partition coefficient (Wildman–Crippen LogP) is 5.05. The van der Waals surface area contributed by atoms with Crippen LogP contribution in [0, 0.1) is 6.92 Å². The number of hydrogen-bond donors (Lipinski definition) is 0. The molecule has 3 nitrogen and oxygen atoms in total. The lowest BCUT2D eigenvalue weighted by molar-refractivity contribution is 0.660. The standard InChI is InChI=1S/C26H24N2O/c1-20-18-25(29)28(17-16-21-10-4-2-5-11-21)26(27-20)24-15-9-8-14-23(24)19-22-12-6-3-7-13-22/h2-15,18H,16-17,19H2,1H3. The molecule has 1 heterocycles. The quantitative estimate of drug-likeness (QED) is 0.469. The molecule has 3 heteroatoms. The zero-order valence-corrected chi connectivity index (χ0v) is 16.6. The Labute approximate surface area is 171 Å². The smallest absolute Gasteiger partial charge is 0.253 e. The van der Waals surface area contributed by atoms with Crippen molar-refractivity contribution >= 4 is 0 Å². The van der Waals surface area contributed by atoms with Crippen molar-refractivity contribution in [2.45, 2.75) is 26.3 Å². The summed E-state index contributed by atoms with van der Waals surface area (Å²) in [5.74, 6) is 0.748. The van der Waals surface area contributed by atoms with Gasteiger partial charge in [0.1, 0.15) is 5.82 Å². The third-order valence-electron chi connectivity index (χ3n) is 5.10. The lowest BCUT2D eigenvalue weighted by Gasteiger charge is -2.16. The second-order valence-corrected chi connectivity index (χ2v) is 7.27. The molecule has 0 unspecified atom stereocenters. The molecule has 0 N–H and O–H groups in total. The van der Waals surface area contributed by atoms with E-state index in [2.05, 4.69) is 48.5 Å². The number of aryl methyl sites for hydroxylation is 2. The summed E-state index contributed by atoms with van der Waals surface area (Å²) in [4.78, 5) is 17.6. The first-order valence-corrected chi connectivity index (χ1v) is 9.95. The number of nitrogens with zero attached hydrogens (tertiary/aromatic N) is 2. The van der Waals surface area contributed by atoms with Gasteiger partial charge in [0.15, 0.2) is 0 Å². The van der Waals surface area contributed by atoms with Crippen molar-refractivity contribution < 1.29 is 0 Å². The Morgan fingerprint density at radius 3 is 2.14 bits per heavy atom. The van der Waals surface area contributed by atoms with E-state index < -0.39 is 0 Å². The van der Waals surface area contributed by atoms with Crippen molar-refractivity contribution in [2.75, 3.05) is 0 Å². The zero-order chi connectivity index (χ0) is 20.1. The molecular formula is C26H24N2O. The molecule has 4 rings (SSSR count). The molecule has 29 heavy (non-hydrogen) atoms. The molecule has 0 amide bonds. The number of benzene rings is 3. The van der Waals surface area contributed by atoms with E-state index in [9.17, 15) is 4.79 Å². The Kier molecular flexibility index (Phi) is 5.66. The molecule has 1 aromatic heterocycles. The van der Waals surface area contributed by atoms with E-state index in [-0.39, 0.29) is 5.56 Å². The first-order chi connectivity index (χ1) is 14.2. The molecule has 0 fully saturated rings. The fourth-order valence-electron chi connectivity index (χ4n) is 3.64. The van der Waals surface area contributed by atoms with Gasteiger partial charge >= 0.3 is 0 Å². The normalized spacial score (nSPS) is 10.8. The van der Waals surface area contributed by atoms with Crippen LogP contribution in [-0.2, 0) is 19.4 Å². The third-order valence-corrected chi connectivity index (χ3v) is 5.10. The van der Waals surface area contributed by atoms with Crippen LogP contribution in [0.1, 0.15) is 22.4 Å². The first kappa shape index (κ1) is 18.9. The maximum absolute atomic E-state index is 12.8. The van der Waals surface area contributed by atoms with Crippen LogP contribution in [-0.4, -0.2) is 9.55 Å². The molecule has 0 spiro atoms. The highest BCUT2D eigenvalue weighted by atomic mass is 16.1. The lowest BCUT2D eigenvalue weighted by Crippen LogP contribution is -2.24. The van der Waals surface area contributed by atoms with Gasteiger partial charge < -0.3 is 0 Å². The van der Waals surface area contributed by atoms with Gasteiger partial charge in [0.2, 0.25) is 0 Å². The monoisotopic (exact) mass is 380 g/mol. The molecule has 0 atom stereocenters. The van der Waals surface area contributed by atoms with Crippen molar-refractivity contribution in [1.29, 1.82) is 0 Å². The predicted molar refractivity (Wildman–Crippen MR) is 118 cm³/mol. The SMILES string of the molecule is Cc1cc(=O)n(CCc2ccccc2)c(-c2ccccc2Cc2ccccc2)n1. The largest absolute Gasteiger partial charge is 0.292 e. The van der Waals surface area contributed by atoms with E-state index >= 15 is 0 Å². The number of aromatic nitrogens is 2. The lowest BCUT2D eigenvalue weighted by atomic mass is 9.99. The average molecular weight is 380 g/mol. The zero-order valence-electron chi connectivity index (χ0n) is 16.6. The summed E-state index contributed by atoms with van der Waals surface area (Å²) in [5.41, 5.74) is 5.39. The number of rotatable bonds is 6. The Morgan fingerprint density at radius 1 is 0.793 bits per heavy atom. The molecule has 0 aliphatic rings. The Bertz CT molecular complexity index is 1150. The van der Waals surface area contributed by atoms with Crippen molar-refractivity contribution in [3.63, 3.8) is 0 Å². The molecule has 0 aliphatic heterocycles. The Morgan fingerprint density at radius 2 is 1.41 bits per heavy atom. The van der Waals surface area contributed by atoms with E-state index in [1.54, 1.807) is 6.07 Å². The van der Waals surface area contributed by atoms with Crippen LogP contribution >= 0.6 is 0 Å². The molecule has 144 valence electrons. The van der Waals surface area contributed by atoms with E-state index in [1.807, 2.05) is 47.9 Å². The summed E-state index contributed by atoms with van der Waals surface area (Å²) in [7, 11) is 0. The molecule has 4 aromatic rings. The van der Waals surface area contributed by atoms with Gasteiger partial charge in [-0.15, -0.1) is 0 Å². The minimum atomic E-state index is -0.00190. The maximum atomic E-state index is 12.8. The van der Waals surface area contributed by atoms with Crippen molar-refractivity contribution in [1.82, 2.24) is 9.55 Å². The highest BCUT2D eigenvalue weighted by Gasteiger charge is 2.13. The molecule has 0 bridgehead atoms. The molecular weight excluding hydrogens is 356 g/mol. The van der Waals surface area contributed by atoms with E-state index in [1.165, 1.54) is 16.7 Å². The Hall–Kier alpha value is -3.46. The van der Waals surface area contributed by atoms with Crippen molar-refractivity contribution in [3.05, 3.63) is 124 Å². The Balaban J connectivity index is 1.74. The van der Waals surface area contributed by atoms with Gasteiger partial charge in [-0.05, 0) is 36.5 Å². The van der Waals surface area contributed by atoms with Crippen LogP contribution in [0.4, 0.5) is 0 Å². The second-order valence-electron chi connectivity index (χ2n) is 7.27. The minimum absolute atomic E-state index is 0.00190. The van der Waals surface area contributed by atoms with E-state index in [4.69, 9.17) is 4.98 Å². The second kappa shape index (κ2) is 8.70. The van der Waals surface area contributed by atoms with Gasteiger partial charge in [0, 0.05) is 23.9 Å². The fraction of sp³-hybridized carbons (Fsp3) is 0.154. The summed E-state index contributed by atoms with van der Waals surface area (Å²) in [6, 6.07) is 30.5. The first-order valence-electron chi connectivity index (χ1n) is 9.95. The van der Waals surface area contributed by atoms with Gasteiger partial charge in [-0.25, -0.2) is 4.98 Å². The topological polar surface area (TPSA) is 34.9 Å². The third kappa shape index (κ3) is 4.52. The van der Waals surface area contributed by atoms with Crippen molar-refractivity contribution in [3.8, 4) is 11.4 Å². The highest BCUT2D eigenvalue weighted by Crippen LogP contribution is 2.24. The maximum Gasteiger partial charge on any atom is 0.253 e. The summed E-state index contributed by atoms with van der Waals surface area (Å²) in [5, 5.41) is 0. The van der Waals surface area contributed by atoms with Gasteiger partial charge in [-0.2, -0.15) is 0 Å². The summed E-state index contributed by atoms with van der Waals surface area (Å²) in [6.45, 7) is 2.48. The van der Waals surface area contributed by atoms with Crippen LogP contribution in [0.25, 0.3) is 11.4 Å². The summed E-state index contributed by atoms with van der Waals surface area (Å²) < 4.78 is 1.81. The minimum Gasteiger partial charge on any atom is -0.292 e. The van der Waals surface area contributed by atoms with Gasteiger partial charge in [0.05, 0.1) is 0 Å². The summed E-state index contributed by atoms with van der Waals surface area (Å²) in [6.07, 6.45) is 1.60. The molecule has 0 saturated heterocycles. The van der Waals surface area contributed by atoms with Gasteiger partial charge in [-0.1, -0.05) is 84.9 Å².